The molecule has 1 aliphatic heterocycles. The molecule has 0 aromatic heterocycles. The zero-order chi connectivity index (χ0) is 12.5. The lowest BCUT2D eigenvalue weighted by atomic mass is 10.1. The minimum Gasteiger partial charge on any atom is -0.376 e. The van der Waals surface area contributed by atoms with Gasteiger partial charge in [-0.25, -0.2) is 0 Å². The molecule has 0 aromatic carbocycles. The first-order valence-electron chi connectivity index (χ1n) is 6.71. The topological polar surface area (TPSA) is 55.6 Å². The first-order chi connectivity index (χ1) is 8.01. The molecule has 1 unspecified atom stereocenters. The molecule has 4 nitrogen and oxygen atoms in total. The number of ether oxygens (including phenoxy) is 1. The molecule has 1 saturated heterocycles. The van der Waals surface area contributed by atoms with Crippen LogP contribution in [0.15, 0.2) is 0 Å². The number of carbonyl (C=O) groups excluding carboxylic acids is 1. The lowest BCUT2D eigenvalue weighted by Crippen LogP contribution is -2.45. The zero-order valence-electron chi connectivity index (χ0n) is 10.9. The quantitative estimate of drug-likeness (QED) is 0.784. The van der Waals surface area contributed by atoms with Crippen LogP contribution in [0.25, 0.3) is 0 Å². The fourth-order valence-electron chi connectivity index (χ4n) is 2.18. The van der Waals surface area contributed by atoms with Crippen molar-refractivity contribution in [1.29, 1.82) is 0 Å². The number of hydrogen-bond donors (Lipinski definition) is 1. The Morgan fingerprint density at radius 3 is 2.82 bits per heavy atom. The first-order valence-corrected chi connectivity index (χ1v) is 6.71. The molecule has 2 N–H and O–H groups in total. The molecular weight excluding hydrogens is 216 g/mol. The molecule has 1 heterocycles. The van der Waals surface area contributed by atoms with Crippen LogP contribution in [-0.4, -0.2) is 42.1 Å². The van der Waals surface area contributed by atoms with Crippen LogP contribution >= 0.6 is 0 Å². The van der Waals surface area contributed by atoms with E-state index in [2.05, 4.69) is 13.8 Å². The van der Waals surface area contributed by atoms with Crippen molar-refractivity contribution in [3.8, 4) is 0 Å². The van der Waals surface area contributed by atoms with Crippen LogP contribution in [0.3, 0.4) is 0 Å². The van der Waals surface area contributed by atoms with Crippen LogP contribution in [0, 0.1) is 5.92 Å². The molecule has 0 radical (unpaired) electrons. The highest BCUT2D eigenvalue weighted by Crippen LogP contribution is 2.35. The van der Waals surface area contributed by atoms with Gasteiger partial charge < -0.3 is 15.4 Å². The van der Waals surface area contributed by atoms with Crippen LogP contribution < -0.4 is 5.73 Å². The number of likely N-dealkylation sites (tertiary alicyclic amines) is 1. The van der Waals surface area contributed by atoms with E-state index in [0.29, 0.717) is 5.92 Å². The zero-order valence-corrected chi connectivity index (χ0v) is 10.9. The Hall–Kier alpha value is -0.610. The smallest absolute Gasteiger partial charge is 0.242 e. The van der Waals surface area contributed by atoms with Gasteiger partial charge in [-0.1, -0.05) is 13.8 Å². The Bertz CT molecular complexity index is 287. The fourth-order valence-corrected chi connectivity index (χ4v) is 2.18. The van der Waals surface area contributed by atoms with E-state index in [9.17, 15) is 4.79 Å². The van der Waals surface area contributed by atoms with Gasteiger partial charge in [-0.05, 0) is 31.6 Å². The molecule has 2 rings (SSSR count). The Labute approximate surface area is 103 Å². The minimum atomic E-state index is -0.521. The monoisotopic (exact) mass is 240 g/mol. The third kappa shape index (κ3) is 3.19. The number of nitrogens with two attached hydrogens (primary N) is 1. The van der Waals surface area contributed by atoms with Crippen molar-refractivity contribution in [2.45, 2.75) is 51.2 Å². The molecule has 1 amide bonds. The molecule has 1 saturated carbocycles. The Morgan fingerprint density at radius 2 is 2.24 bits per heavy atom. The molecule has 0 bridgehead atoms. The van der Waals surface area contributed by atoms with E-state index >= 15 is 0 Å². The van der Waals surface area contributed by atoms with Gasteiger partial charge in [-0.15, -0.1) is 0 Å². The molecule has 98 valence electrons. The molecule has 2 aliphatic rings. The Balaban J connectivity index is 1.70. The second kappa shape index (κ2) is 4.94. The average molecular weight is 240 g/mol. The minimum absolute atomic E-state index is 0.132. The van der Waals surface area contributed by atoms with Gasteiger partial charge in [0.1, 0.15) is 0 Å². The van der Waals surface area contributed by atoms with Crippen LogP contribution in [0.4, 0.5) is 0 Å². The van der Waals surface area contributed by atoms with Gasteiger partial charge >= 0.3 is 0 Å². The van der Waals surface area contributed by atoms with Crippen molar-refractivity contribution in [2.75, 3.05) is 19.7 Å². The Morgan fingerprint density at radius 1 is 1.53 bits per heavy atom. The van der Waals surface area contributed by atoms with Crippen LogP contribution in [0.1, 0.15) is 39.5 Å². The summed E-state index contributed by atoms with van der Waals surface area (Å²) in [5.74, 6) is 0.806. The van der Waals surface area contributed by atoms with E-state index in [1.54, 1.807) is 0 Å². The SMILES string of the molecule is CC(C)CCOC1CCN(C(=O)C2(N)CC2)C1. The van der Waals surface area contributed by atoms with Gasteiger partial charge in [0, 0.05) is 19.7 Å². The summed E-state index contributed by atoms with van der Waals surface area (Å²) in [6.45, 7) is 6.73. The van der Waals surface area contributed by atoms with Crippen molar-refractivity contribution >= 4 is 5.91 Å². The number of carbonyl (C=O) groups is 1. The summed E-state index contributed by atoms with van der Waals surface area (Å²) < 4.78 is 5.79. The fraction of sp³-hybridized carbons (Fsp3) is 0.923. The third-order valence-electron chi connectivity index (χ3n) is 3.70. The van der Waals surface area contributed by atoms with Gasteiger partial charge in [0.05, 0.1) is 11.6 Å². The molecule has 0 spiro atoms. The summed E-state index contributed by atoms with van der Waals surface area (Å²) in [6, 6.07) is 0. The summed E-state index contributed by atoms with van der Waals surface area (Å²) in [5.41, 5.74) is 5.40. The maximum Gasteiger partial charge on any atom is 0.242 e. The van der Waals surface area contributed by atoms with Gasteiger partial charge in [-0.3, -0.25) is 4.79 Å². The van der Waals surface area contributed by atoms with Crippen molar-refractivity contribution in [3.63, 3.8) is 0 Å². The van der Waals surface area contributed by atoms with Gasteiger partial charge in [0.25, 0.3) is 0 Å². The van der Waals surface area contributed by atoms with Crippen molar-refractivity contribution in [3.05, 3.63) is 0 Å². The number of rotatable bonds is 5. The lowest BCUT2D eigenvalue weighted by molar-refractivity contribution is -0.133. The highest BCUT2D eigenvalue weighted by Gasteiger charge is 2.49. The van der Waals surface area contributed by atoms with E-state index in [1.807, 2.05) is 4.90 Å². The number of hydrogen-bond acceptors (Lipinski definition) is 3. The largest absolute Gasteiger partial charge is 0.376 e. The summed E-state index contributed by atoms with van der Waals surface area (Å²) in [4.78, 5) is 13.9. The highest BCUT2D eigenvalue weighted by atomic mass is 16.5. The molecule has 4 heteroatoms. The normalized spacial score (nSPS) is 26.6. The van der Waals surface area contributed by atoms with Gasteiger partial charge in [-0.2, -0.15) is 0 Å². The highest BCUT2D eigenvalue weighted by molar-refractivity contribution is 5.89. The van der Waals surface area contributed by atoms with Crippen LogP contribution in [0.5, 0.6) is 0 Å². The molecule has 1 atom stereocenters. The van der Waals surface area contributed by atoms with E-state index in [1.165, 1.54) is 0 Å². The molecular formula is C13H24N2O2. The summed E-state index contributed by atoms with van der Waals surface area (Å²) in [5, 5.41) is 0. The molecule has 2 fully saturated rings. The number of nitrogens with zero attached hydrogens (tertiary/aromatic N) is 1. The van der Waals surface area contributed by atoms with Crippen molar-refractivity contribution in [1.82, 2.24) is 4.90 Å². The van der Waals surface area contributed by atoms with E-state index in [0.717, 1.165) is 45.4 Å². The van der Waals surface area contributed by atoms with E-state index in [4.69, 9.17) is 10.5 Å². The third-order valence-corrected chi connectivity index (χ3v) is 3.70. The second-order valence-electron chi connectivity index (χ2n) is 5.87. The van der Waals surface area contributed by atoms with Gasteiger partial charge in [0.2, 0.25) is 5.91 Å². The summed E-state index contributed by atoms with van der Waals surface area (Å²) >= 11 is 0. The first kappa shape index (κ1) is 12.8. The van der Waals surface area contributed by atoms with E-state index in [-0.39, 0.29) is 12.0 Å². The van der Waals surface area contributed by atoms with Crippen LogP contribution in [-0.2, 0) is 9.53 Å². The molecule has 1 aliphatic carbocycles. The average Bonchev–Trinajstić information content (AvgIpc) is 2.85. The molecule has 0 aromatic rings. The standard InChI is InChI=1S/C13H24N2O2/c1-10(2)4-8-17-11-3-7-15(9-11)12(16)13(14)5-6-13/h10-11H,3-9,14H2,1-2H3. The summed E-state index contributed by atoms with van der Waals surface area (Å²) in [7, 11) is 0. The number of amides is 1. The second-order valence-corrected chi connectivity index (χ2v) is 5.87. The predicted octanol–water partition coefficient (Wildman–Crippen LogP) is 1.14. The van der Waals surface area contributed by atoms with Crippen molar-refractivity contribution in [2.24, 2.45) is 11.7 Å². The predicted molar refractivity (Wildman–Crippen MR) is 66.5 cm³/mol. The Kier molecular flexibility index (Phi) is 3.73. The van der Waals surface area contributed by atoms with Crippen LogP contribution in [0.2, 0.25) is 0 Å². The van der Waals surface area contributed by atoms with Gasteiger partial charge in [0.15, 0.2) is 0 Å². The maximum atomic E-state index is 12.0. The van der Waals surface area contributed by atoms with E-state index < -0.39 is 5.54 Å². The summed E-state index contributed by atoms with van der Waals surface area (Å²) in [6.07, 6.45) is 3.97. The molecule has 17 heavy (non-hydrogen) atoms. The van der Waals surface area contributed by atoms with Crippen molar-refractivity contribution < 1.29 is 9.53 Å². The maximum absolute atomic E-state index is 12.0. The lowest BCUT2D eigenvalue weighted by Gasteiger charge is -2.20.